The van der Waals surface area contributed by atoms with Gasteiger partial charge in [-0.2, -0.15) is 0 Å². The number of ketones is 1. The molecule has 2 heterocycles. The minimum absolute atomic E-state index is 0.122. The predicted molar refractivity (Wildman–Crippen MR) is 81.6 cm³/mol. The molecule has 22 heavy (non-hydrogen) atoms. The van der Waals surface area contributed by atoms with Crippen molar-refractivity contribution in [1.82, 2.24) is 4.90 Å². The third-order valence-corrected chi connectivity index (χ3v) is 5.84. The zero-order chi connectivity index (χ0) is 19.4. The molecule has 1 saturated heterocycles. The molecule has 0 aromatic heterocycles. The average Bonchev–Trinajstić information content (AvgIpc) is 2.84. The van der Waals surface area contributed by atoms with Crippen molar-refractivity contribution in [2.24, 2.45) is 5.92 Å². The Morgan fingerprint density at radius 2 is 2.45 bits per heavy atom. The summed E-state index contributed by atoms with van der Waals surface area (Å²) in [6.07, 6.45) is -0.766. The maximum Gasteiger partial charge on any atom is 0.174 e. The zero-order valence-corrected chi connectivity index (χ0v) is 12.4. The summed E-state index contributed by atoms with van der Waals surface area (Å²) >= 11 is 0. The Bertz CT molecular complexity index is 873. The van der Waals surface area contributed by atoms with E-state index < -0.39 is 30.4 Å². The van der Waals surface area contributed by atoms with E-state index in [0.717, 1.165) is 11.1 Å². The minimum Gasteiger partial charge on any atom is -0.493 e. The number of methoxy groups -OCH3 is 1. The van der Waals surface area contributed by atoms with Gasteiger partial charge in [0.15, 0.2) is 23.4 Å². The number of carbonyl (C=O) groups is 1. The number of nitrogens with zero attached hydrogens (tertiary/aromatic N) is 1. The molecule has 2 bridgehead atoms. The highest BCUT2D eigenvalue weighted by Crippen LogP contribution is 2.62. The van der Waals surface area contributed by atoms with Gasteiger partial charge in [-0.05, 0) is 50.3 Å². The molecule has 2 aliphatic heterocycles. The van der Waals surface area contributed by atoms with Crippen molar-refractivity contribution >= 4 is 5.78 Å². The van der Waals surface area contributed by atoms with E-state index in [9.17, 15) is 6.17 Å². The molecule has 2 aliphatic carbocycles. The first-order chi connectivity index (χ1) is 12.6. The Balaban J connectivity index is 1.83. The average molecular weight is 304 g/mol. The molecule has 1 aromatic rings. The zero-order valence-electron chi connectivity index (χ0n) is 17.4. The molecule has 4 atom stereocenters. The van der Waals surface area contributed by atoms with Crippen molar-refractivity contribution in [3.63, 3.8) is 0 Å². The lowest BCUT2D eigenvalue weighted by atomic mass is 9.52. The van der Waals surface area contributed by atoms with E-state index in [-0.39, 0.29) is 25.2 Å². The van der Waals surface area contributed by atoms with Gasteiger partial charge in [-0.3, -0.25) is 4.79 Å². The van der Waals surface area contributed by atoms with Crippen LogP contribution in [-0.4, -0.2) is 43.4 Å². The molecular formula is C18H21NO3. The molecule has 1 saturated carbocycles. The van der Waals surface area contributed by atoms with Gasteiger partial charge < -0.3 is 14.4 Å². The van der Waals surface area contributed by atoms with Crippen LogP contribution < -0.4 is 9.47 Å². The number of benzene rings is 1. The van der Waals surface area contributed by atoms with E-state index >= 15 is 0 Å². The van der Waals surface area contributed by atoms with E-state index in [2.05, 4.69) is 0 Å². The van der Waals surface area contributed by atoms with Gasteiger partial charge in [0.1, 0.15) is 0 Å². The highest BCUT2D eigenvalue weighted by atomic mass is 16.5. The first-order valence-electron chi connectivity index (χ1n) is 10.3. The van der Waals surface area contributed by atoms with Crippen molar-refractivity contribution in [2.45, 2.75) is 43.2 Å². The number of hydrogen-bond donors (Lipinski definition) is 0. The second-order valence-electron chi connectivity index (χ2n) is 6.62. The molecule has 4 nitrogen and oxygen atoms in total. The molecule has 0 radical (unpaired) electrons. The van der Waals surface area contributed by atoms with Crippen LogP contribution in [0.25, 0.3) is 0 Å². The van der Waals surface area contributed by atoms with Gasteiger partial charge in [0, 0.05) is 28.9 Å². The SMILES string of the molecule is [2H]C([2H])([2H])N1CC[C@]23c4c5ccc(OC)c4OC2([2H])C(=O)CC[C@H]3[C@@]1([2H])C5. The summed E-state index contributed by atoms with van der Waals surface area (Å²) in [7, 11) is 1.52. The highest BCUT2D eigenvalue weighted by molar-refractivity contribution is 5.89. The predicted octanol–water partition coefficient (Wildman–Crippen LogP) is 1.93. The number of Topliss-reactive ketones (excluding diaryl/α,β-unsaturated/α-hetero) is 1. The molecule has 4 heteroatoms. The third kappa shape index (κ3) is 1.27. The largest absolute Gasteiger partial charge is 0.493 e. The molecule has 0 amide bonds. The molecule has 2 fully saturated rings. The van der Waals surface area contributed by atoms with Crippen LogP contribution in [0.1, 0.15) is 37.2 Å². The molecule has 5 rings (SSSR count). The number of carbonyl (C=O) groups excluding carboxylic acids is 1. The molecule has 1 aromatic carbocycles. The van der Waals surface area contributed by atoms with Crippen LogP contribution in [-0.2, 0) is 16.6 Å². The molecule has 1 unspecified atom stereocenters. The van der Waals surface area contributed by atoms with E-state index in [1.165, 1.54) is 12.0 Å². The topological polar surface area (TPSA) is 38.8 Å². The van der Waals surface area contributed by atoms with E-state index in [4.69, 9.17) is 15.0 Å². The lowest BCUT2D eigenvalue weighted by Gasteiger charge is -2.57. The normalized spacial score (nSPS) is 49.0. The first kappa shape index (κ1) is 8.92. The summed E-state index contributed by atoms with van der Waals surface area (Å²) in [6.45, 7) is -2.27. The van der Waals surface area contributed by atoms with Gasteiger partial charge in [-0.1, -0.05) is 6.07 Å². The van der Waals surface area contributed by atoms with Gasteiger partial charge >= 0.3 is 0 Å². The van der Waals surface area contributed by atoms with Crippen LogP contribution >= 0.6 is 0 Å². The second-order valence-corrected chi connectivity index (χ2v) is 6.62. The minimum atomic E-state index is -2.40. The van der Waals surface area contributed by atoms with Crippen LogP contribution in [0.3, 0.4) is 0 Å². The molecule has 1 spiro atoms. The summed E-state index contributed by atoms with van der Waals surface area (Å²) in [5, 5.41) is 0. The lowest BCUT2D eigenvalue weighted by molar-refractivity contribution is -0.138. The number of likely N-dealkylation sites (tertiary alicyclic amines) is 1. The van der Waals surface area contributed by atoms with E-state index in [1.54, 1.807) is 6.07 Å². The van der Waals surface area contributed by atoms with Crippen molar-refractivity contribution in [1.29, 1.82) is 0 Å². The van der Waals surface area contributed by atoms with Crippen molar-refractivity contribution in [3.05, 3.63) is 23.3 Å². The number of rotatable bonds is 1. The standard InChI is InChI=1S/C18H21NO3/c1-19-8-7-18-11-4-5-13(20)17(18)22-16-14(21-2)6-3-10(15(16)18)9-12(11)19/h3,6,11-12,17H,4-5,7-9H2,1-2H3/t11-,12+,17?,18-/m0/s1/i1D3,12D,17D. The summed E-state index contributed by atoms with van der Waals surface area (Å²) in [5.41, 5.74) is 0.585. The Morgan fingerprint density at radius 3 is 3.27 bits per heavy atom. The number of hydrogen-bond acceptors (Lipinski definition) is 4. The van der Waals surface area contributed by atoms with Crippen molar-refractivity contribution in [3.8, 4) is 11.5 Å². The smallest absolute Gasteiger partial charge is 0.174 e. The van der Waals surface area contributed by atoms with Gasteiger partial charge in [0.2, 0.25) is 0 Å². The maximum absolute atomic E-state index is 12.9. The fraction of sp³-hybridized carbons (Fsp3) is 0.611. The van der Waals surface area contributed by atoms with Gasteiger partial charge in [0.05, 0.1) is 8.48 Å². The quantitative estimate of drug-likeness (QED) is 0.795. The van der Waals surface area contributed by atoms with Crippen LogP contribution in [0.2, 0.25) is 0 Å². The highest BCUT2D eigenvalue weighted by Gasteiger charge is 2.65. The summed E-state index contributed by atoms with van der Waals surface area (Å²) in [5.74, 6) is 0.144. The van der Waals surface area contributed by atoms with E-state index in [0.29, 0.717) is 24.3 Å². The van der Waals surface area contributed by atoms with Gasteiger partial charge in [-0.15, -0.1) is 0 Å². The van der Waals surface area contributed by atoms with Crippen LogP contribution in [0.5, 0.6) is 11.5 Å². The van der Waals surface area contributed by atoms with Crippen LogP contribution in [0.15, 0.2) is 12.1 Å². The molecule has 4 aliphatic rings. The van der Waals surface area contributed by atoms with Crippen molar-refractivity contribution in [2.75, 3.05) is 20.6 Å². The van der Waals surface area contributed by atoms with Crippen molar-refractivity contribution < 1.29 is 21.1 Å². The molecular weight excluding hydrogens is 278 g/mol. The number of likely N-dealkylation sites (N-methyl/N-ethyl adjacent to an activating group) is 1. The second kappa shape index (κ2) is 4.05. The Labute approximate surface area is 137 Å². The van der Waals surface area contributed by atoms with Gasteiger partial charge in [-0.25, -0.2) is 0 Å². The summed E-state index contributed by atoms with van der Waals surface area (Å²) in [4.78, 5) is 14.2. The Morgan fingerprint density at radius 1 is 1.55 bits per heavy atom. The lowest BCUT2D eigenvalue weighted by Crippen LogP contribution is -2.65. The monoisotopic (exact) mass is 304 g/mol. The number of ether oxygens (including phenoxy) is 2. The fourth-order valence-corrected chi connectivity index (χ4v) is 4.98. The maximum atomic E-state index is 12.9. The fourth-order valence-electron chi connectivity index (χ4n) is 4.98. The molecule has 0 N–H and O–H groups in total. The van der Waals surface area contributed by atoms with Gasteiger partial charge in [0.25, 0.3) is 0 Å². The Hall–Kier alpha value is -1.55. The van der Waals surface area contributed by atoms with Crippen LogP contribution in [0, 0.1) is 5.92 Å². The molecule has 116 valence electrons. The Kier molecular flexibility index (Phi) is 1.64. The van der Waals surface area contributed by atoms with Crippen LogP contribution in [0.4, 0.5) is 0 Å². The third-order valence-electron chi connectivity index (χ3n) is 5.84. The van der Waals surface area contributed by atoms with E-state index in [1.807, 2.05) is 6.07 Å². The number of piperidine rings is 1. The summed E-state index contributed by atoms with van der Waals surface area (Å²) < 4.78 is 53.6. The summed E-state index contributed by atoms with van der Waals surface area (Å²) in [6, 6.07) is 2.15. The first-order valence-corrected chi connectivity index (χ1v) is 7.80.